The molecule has 2 aromatic rings. The molecule has 0 atom stereocenters. The predicted octanol–water partition coefficient (Wildman–Crippen LogP) is 3.72. The summed E-state index contributed by atoms with van der Waals surface area (Å²) >= 11 is 0. The lowest BCUT2D eigenvalue weighted by Crippen LogP contribution is -2.25. The summed E-state index contributed by atoms with van der Waals surface area (Å²) in [7, 11) is 1.92. The number of furan rings is 1. The Hall–Kier alpha value is -1.87. The van der Waals surface area contributed by atoms with E-state index in [0.717, 1.165) is 11.3 Å². The van der Waals surface area contributed by atoms with Crippen molar-refractivity contribution in [3.8, 4) is 0 Å². The normalized spacial score (nSPS) is 11.2. The van der Waals surface area contributed by atoms with Gasteiger partial charge >= 0.3 is 0 Å². The molecule has 3 nitrogen and oxygen atoms in total. The quantitative estimate of drug-likeness (QED) is 0.751. The fraction of sp³-hybridized carbons (Fsp3) is 0.353. The number of carbonyl (C=O) groups excluding carboxylic acids is 1. The lowest BCUT2D eigenvalue weighted by Gasteiger charge is -2.14. The molecule has 3 heteroatoms. The Bertz CT molecular complexity index is 541. The number of hydrogen-bond donors (Lipinski definition) is 0. The smallest absolute Gasteiger partial charge is 0.176 e. The first-order valence-corrected chi connectivity index (χ1v) is 6.90. The van der Waals surface area contributed by atoms with Crippen molar-refractivity contribution in [1.82, 2.24) is 4.90 Å². The van der Waals surface area contributed by atoms with Gasteiger partial charge in [0, 0.05) is 5.56 Å². The SMILES string of the molecule is CC(C)c1ccc(C(=O)CN(C)Cc2ccco2)cc1. The predicted molar refractivity (Wildman–Crippen MR) is 79.9 cm³/mol. The summed E-state index contributed by atoms with van der Waals surface area (Å²) in [6.45, 7) is 5.33. The lowest BCUT2D eigenvalue weighted by atomic mass is 10.0. The molecule has 0 aliphatic heterocycles. The van der Waals surface area contributed by atoms with E-state index in [4.69, 9.17) is 4.42 Å². The van der Waals surface area contributed by atoms with Crippen molar-refractivity contribution >= 4 is 5.78 Å². The minimum Gasteiger partial charge on any atom is -0.468 e. The molecular weight excluding hydrogens is 250 g/mol. The molecule has 1 aromatic carbocycles. The molecular formula is C17H21NO2. The second-order valence-electron chi connectivity index (χ2n) is 5.45. The van der Waals surface area contributed by atoms with Crippen molar-refractivity contribution in [2.45, 2.75) is 26.3 Å². The van der Waals surface area contributed by atoms with Crippen LogP contribution in [0, 0.1) is 0 Å². The van der Waals surface area contributed by atoms with Crippen molar-refractivity contribution in [1.29, 1.82) is 0 Å². The van der Waals surface area contributed by atoms with Gasteiger partial charge in [-0.25, -0.2) is 0 Å². The van der Waals surface area contributed by atoms with Crippen molar-refractivity contribution in [2.75, 3.05) is 13.6 Å². The molecule has 0 N–H and O–H groups in total. The Kier molecular flexibility index (Phi) is 4.74. The maximum atomic E-state index is 12.2. The molecule has 2 rings (SSSR count). The maximum Gasteiger partial charge on any atom is 0.176 e. The number of rotatable bonds is 6. The van der Waals surface area contributed by atoms with Crippen molar-refractivity contribution in [3.63, 3.8) is 0 Å². The summed E-state index contributed by atoms with van der Waals surface area (Å²) < 4.78 is 5.28. The van der Waals surface area contributed by atoms with Gasteiger partial charge < -0.3 is 4.42 Å². The van der Waals surface area contributed by atoms with Crippen LogP contribution < -0.4 is 0 Å². The van der Waals surface area contributed by atoms with Crippen LogP contribution in [0.2, 0.25) is 0 Å². The third kappa shape index (κ3) is 3.81. The largest absolute Gasteiger partial charge is 0.468 e. The standard InChI is InChI=1S/C17H21NO2/c1-13(2)14-6-8-15(9-7-14)17(19)12-18(3)11-16-5-4-10-20-16/h4-10,13H,11-12H2,1-3H3. The zero-order valence-corrected chi connectivity index (χ0v) is 12.3. The van der Waals surface area contributed by atoms with Crippen LogP contribution in [0.5, 0.6) is 0 Å². The Labute approximate surface area is 120 Å². The molecule has 1 heterocycles. The van der Waals surface area contributed by atoms with Gasteiger partial charge in [-0.05, 0) is 30.7 Å². The minimum absolute atomic E-state index is 0.134. The minimum atomic E-state index is 0.134. The van der Waals surface area contributed by atoms with E-state index in [1.54, 1.807) is 6.26 Å². The van der Waals surface area contributed by atoms with Crippen molar-refractivity contribution < 1.29 is 9.21 Å². The number of nitrogens with zero attached hydrogens (tertiary/aromatic N) is 1. The van der Waals surface area contributed by atoms with E-state index < -0.39 is 0 Å². The van der Waals surface area contributed by atoms with Gasteiger partial charge in [0.1, 0.15) is 5.76 Å². The Balaban J connectivity index is 1.93. The first kappa shape index (κ1) is 14.5. The van der Waals surface area contributed by atoms with Gasteiger partial charge in [0.05, 0.1) is 19.4 Å². The number of Topliss-reactive ketones (excluding diaryl/α,β-unsaturated/α-hetero) is 1. The van der Waals surface area contributed by atoms with Gasteiger partial charge in [0.2, 0.25) is 0 Å². The van der Waals surface area contributed by atoms with Crippen molar-refractivity contribution in [2.24, 2.45) is 0 Å². The molecule has 20 heavy (non-hydrogen) atoms. The van der Waals surface area contributed by atoms with Gasteiger partial charge in [-0.1, -0.05) is 38.1 Å². The molecule has 0 fully saturated rings. The third-order valence-corrected chi connectivity index (χ3v) is 3.32. The Morgan fingerprint density at radius 2 is 1.90 bits per heavy atom. The van der Waals surface area contributed by atoms with Gasteiger partial charge in [-0.15, -0.1) is 0 Å². The first-order valence-electron chi connectivity index (χ1n) is 6.90. The number of benzene rings is 1. The molecule has 0 saturated heterocycles. The fourth-order valence-corrected chi connectivity index (χ4v) is 2.11. The van der Waals surface area contributed by atoms with Crippen LogP contribution in [0.1, 0.15) is 41.4 Å². The summed E-state index contributed by atoms with van der Waals surface area (Å²) in [6.07, 6.45) is 1.65. The van der Waals surface area contributed by atoms with Gasteiger partial charge in [-0.3, -0.25) is 9.69 Å². The van der Waals surface area contributed by atoms with Gasteiger partial charge in [-0.2, -0.15) is 0 Å². The summed E-state index contributed by atoms with van der Waals surface area (Å²) in [5, 5.41) is 0. The van der Waals surface area contributed by atoms with E-state index >= 15 is 0 Å². The van der Waals surface area contributed by atoms with E-state index in [1.807, 2.05) is 48.3 Å². The van der Waals surface area contributed by atoms with E-state index in [0.29, 0.717) is 19.0 Å². The Morgan fingerprint density at radius 1 is 1.20 bits per heavy atom. The van der Waals surface area contributed by atoms with Crippen LogP contribution in [0.3, 0.4) is 0 Å². The number of carbonyl (C=O) groups is 1. The van der Waals surface area contributed by atoms with Crippen LogP contribution in [0.25, 0.3) is 0 Å². The van der Waals surface area contributed by atoms with Crippen LogP contribution in [0.15, 0.2) is 47.1 Å². The topological polar surface area (TPSA) is 33.5 Å². The molecule has 0 bridgehead atoms. The second-order valence-corrected chi connectivity index (χ2v) is 5.45. The number of hydrogen-bond acceptors (Lipinski definition) is 3. The van der Waals surface area contributed by atoms with Crippen LogP contribution in [-0.2, 0) is 6.54 Å². The highest BCUT2D eigenvalue weighted by Gasteiger charge is 2.11. The average Bonchev–Trinajstić information content (AvgIpc) is 2.91. The summed E-state index contributed by atoms with van der Waals surface area (Å²) in [6, 6.07) is 11.7. The molecule has 0 amide bonds. The van der Waals surface area contributed by atoms with Crippen LogP contribution >= 0.6 is 0 Å². The maximum absolute atomic E-state index is 12.2. The third-order valence-electron chi connectivity index (χ3n) is 3.32. The average molecular weight is 271 g/mol. The Morgan fingerprint density at radius 3 is 2.45 bits per heavy atom. The molecule has 0 spiro atoms. The highest BCUT2D eigenvalue weighted by atomic mass is 16.3. The summed E-state index contributed by atoms with van der Waals surface area (Å²) in [5.74, 6) is 1.49. The molecule has 0 radical (unpaired) electrons. The monoisotopic (exact) mass is 271 g/mol. The van der Waals surface area contributed by atoms with Crippen molar-refractivity contribution in [3.05, 3.63) is 59.5 Å². The lowest BCUT2D eigenvalue weighted by molar-refractivity contribution is 0.0939. The van der Waals surface area contributed by atoms with E-state index in [1.165, 1.54) is 5.56 Å². The molecule has 0 saturated carbocycles. The van der Waals surface area contributed by atoms with Gasteiger partial charge in [0.25, 0.3) is 0 Å². The van der Waals surface area contributed by atoms with Gasteiger partial charge in [0.15, 0.2) is 5.78 Å². The van der Waals surface area contributed by atoms with Crippen LogP contribution in [0.4, 0.5) is 0 Å². The zero-order valence-electron chi connectivity index (χ0n) is 12.3. The van der Waals surface area contributed by atoms with E-state index in [2.05, 4.69) is 13.8 Å². The molecule has 1 aromatic heterocycles. The number of ketones is 1. The molecule has 0 aliphatic carbocycles. The first-order chi connectivity index (χ1) is 9.56. The van der Waals surface area contributed by atoms with Crippen LogP contribution in [-0.4, -0.2) is 24.3 Å². The highest BCUT2D eigenvalue weighted by molar-refractivity contribution is 5.97. The fourth-order valence-electron chi connectivity index (χ4n) is 2.11. The second kappa shape index (κ2) is 6.53. The molecule has 0 aliphatic rings. The molecule has 106 valence electrons. The summed E-state index contributed by atoms with van der Waals surface area (Å²) in [5.41, 5.74) is 2.02. The zero-order chi connectivity index (χ0) is 14.5. The number of likely N-dealkylation sites (N-methyl/N-ethyl adjacent to an activating group) is 1. The van der Waals surface area contributed by atoms with E-state index in [9.17, 15) is 4.79 Å². The molecule has 0 unspecified atom stereocenters. The van der Waals surface area contributed by atoms with E-state index in [-0.39, 0.29) is 5.78 Å². The summed E-state index contributed by atoms with van der Waals surface area (Å²) in [4.78, 5) is 14.1. The highest BCUT2D eigenvalue weighted by Crippen LogP contribution is 2.15.